The van der Waals surface area contributed by atoms with E-state index < -0.39 is 0 Å². The van der Waals surface area contributed by atoms with Gasteiger partial charge in [0, 0.05) is 19.8 Å². The van der Waals surface area contributed by atoms with Gasteiger partial charge in [0.25, 0.3) is 0 Å². The zero-order valence-corrected chi connectivity index (χ0v) is 10.2. The number of nitrogens with zero attached hydrogens (tertiary/aromatic N) is 3. The second-order valence-electron chi connectivity index (χ2n) is 4.28. The van der Waals surface area contributed by atoms with Crippen molar-refractivity contribution < 1.29 is 0 Å². The number of fused-ring (bicyclic) bond motifs is 1. The average Bonchev–Trinajstić information content (AvgIpc) is 2.87. The third-order valence-corrected chi connectivity index (χ3v) is 2.96. The highest BCUT2D eigenvalue weighted by atomic mass is 15.2. The molecule has 90 valence electrons. The predicted octanol–water partition coefficient (Wildman–Crippen LogP) is 2.59. The fraction of sp³-hybridized carbons (Fsp3) is 0.143. The van der Waals surface area contributed by atoms with Crippen molar-refractivity contribution >= 4 is 16.9 Å². The number of benzene rings is 1. The molecule has 3 rings (SSSR count). The summed E-state index contributed by atoms with van der Waals surface area (Å²) in [5.41, 5.74) is 2.14. The molecule has 1 N–H and O–H groups in total. The summed E-state index contributed by atoms with van der Waals surface area (Å²) >= 11 is 0. The molecule has 0 spiro atoms. The number of hydrogen-bond acceptors (Lipinski definition) is 3. The van der Waals surface area contributed by atoms with Crippen molar-refractivity contribution in [1.29, 1.82) is 0 Å². The second kappa shape index (κ2) is 4.49. The quantitative estimate of drug-likeness (QED) is 0.762. The highest BCUT2D eigenvalue weighted by Crippen LogP contribution is 2.21. The molecule has 0 atom stereocenters. The van der Waals surface area contributed by atoms with Gasteiger partial charge in [0.15, 0.2) is 0 Å². The van der Waals surface area contributed by atoms with E-state index in [1.165, 1.54) is 5.56 Å². The summed E-state index contributed by atoms with van der Waals surface area (Å²) in [6, 6.07) is 12.4. The molecule has 0 unspecified atom stereocenters. The van der Waals surface area contributed by atoms with E-state index >= 15 is 0 Å². The second-order valence-corrected chi connectivity index (χ2v) is 4.28. The van der Waals surface area contributed by atoms with Crippen molar-refractivity contribution in [1.82, 2.24) is 15.0 Å². The highest BCUT2D eigenvalue weighted by Gasteiger charge is 2.09. The van der Waals surface area contributed by atoms with Crippen molar-refractivity contribution in [3.63, 3.8) is 0 Å². The van der Waals surface area contributed by atoms with Gasteiger partial charge >= 0.3 is 0 Å². The number of nitrogens with one attached hydrogen (secondary N) is 1. The van der Waals surface area contributed by atoms with Crippen molar-refractivity contribution in [2.45, 2.75) is 6.54 Å². The monoisotopic (exact) mass is 238 g/mol. The Morgan fingerprint density at radius 1 is 1.11 bits per heavy atom. The molecule has 0 saturated heterocycles. The Labute approximate surface area is 105 Å². The van der Waals surface area contributed by atoms with E-state index in [1.807, 2.05) is 25.4 Å². The minimum atomic E-state index is 0.831. The fourth-order valence-corrected chi connectivity index (χ4v) is 2.10. The van der Waals surface area contributed by atoms with Crippen molar-refractivity contribution in [2.24, 2.45) is 0 Å². The maximum Gasteiger partial charge on any atom is 0.142 e. The molecule has 4 heteroatoms. The van der Waals surface area contributed by atoms with Crippen LogP contribution in [-0.2, 0) is 6.54 Å². The van der Waals surface area contributed by atoms with Gasteiger partial charge < -0.3 is 9.88 Å². The van der Waals surface area contributed by atoms with Gasteiger partial charge in [-0.2, -0.15) is 0 Å². The molecule has 0 bridgehead atoms. The number of H-pyrrole nitrogens is 1. The van der Waals surface area contributed by atoms with Crippen LogP contribution >= 0.6 is 0 Å². The summed E-state index contributed by atoms with van der Waals surface area (Å²) < 4.78 is 0. The Morgan fingerprint density at radius 3 is 2.78 bits per heavy atom. The van der Waals surface area contributed by atoms with Gasteiger partial charge in [-0.3, -0.25) is 0 Å². The van der Waals surface area contributed by atoms with Crippen LogP contribution in [0.1, 0.15) is 5.56 Å². The molecule has 0 amide bonds. The molecule has 0 fully saturated rings. The minimum Gasteiger partial charge on any atom is -0.355 e. The molecule has 2 heterocycles. The average molecular weight is 238 g/mol. The van der Waals surface area contributed by atoms with Crippen LogP contribution in [0.3, 0.4) is 0 Å². The number of anilines is 1. The maximum absolute atomic E-state index is 4.37. The van der Waals surface area contributed by atoms with E-state index in [0.717, 1.165) is 23.4 Å². The molecule has 0 aliphatic carbocycles. The van der Waals surface area contributed by atoms with Crippen LogP contribution in [0.15, 0.2) is 48.9 Å². The first kappa shape index (κ1) is 10.8. The van der Waals surface area contributed by atoms with Crippen molar-refractivity contribution in [2.75, 3.05) is 11.9 Å². The van der Waals surface area contributed by atoms with Crippen LogP contribution < -0.4 is 4.90 Å². The van der Waals surface area contributed by atoms with Gasteiger partial charge in [-0.15, -0.1) is 0 Å². The topological polar surface area (TPSA) is 44.8 Å². The van der Waals surface area contributed by atoms with Crippen molar-refractivity contribution in [3.05, 3.63) is 54.5 Å². The lowest BCUT2D eigenvalue weighted by Gasteiger charge is -2.18. The highest BCUT2D eigenvalue weighted by molar-refractivity contribution is 5.87. The van der Waals surface area contributed by atoms with E-state index in [4.69, 9.17) is 0 Å². The van der Waals surface area contributed by atoms with E-state index in [2.05, 4.69) is 44.1 Å². The first-order chi connectivity index (χ1) is 8.84. The summed E-state index contributed by atoms with van der Waals surface area (Å²) in [6.07, 6.45) is 3.48. The van der Waals surface area contributed by atoms with E-state index in [1.54, 1.807) is 6.33 Å². The summed E-state index contributed by atoms with van der Waals surface area (Å²) in [7, 11) is 2.04. The van der Waals surface area contributed by atoms with Gasteiger partial charge in [0.1, 0.15) is 17.8 Å². The summed E-state index contributed by atoms with van der Waals surface area (Å²) in [6.45, 7) is 0.831. The molecule has 3 aromatic rings. The predicted molar refractivity (Wildman–Crippen MR) is 72.4 cm³/mol. The molecule has 0 saturated carbocycles. The molecule has 18 heavy (non-hydrogen) atoms. The normalized spacial score (nSPS) is 10.7. The first-order valence-corrected chi connectivity index (χ1v) is 5.88. The number of hydrogen-bond donors (Lipinski definition) is 1. The van der Waals surface area contributed by atoms with Crippen LogP contribution in [0, 0.1) is 0 Å². The zero-order chi connectivity index (χ0) is 12.4. The molecule has 1 aromatic carbocycles. The molecule has 0 radical (unpaired) electrons. The van der Waals surface area contributed by atoms with Gasteiger partial charge in [0.05, 0.1) is 5.39 Å². The largest absolute Gasteiger partial charge is 0.355 e. The van der Waals surface area contributed by atoms with Gasteiger partial charge in [0.2, 0.25) is 0 Å². The summed E-state index contributed by atoms with van der Waals surface area (Å²) in [4.78, 5) is 13.8. The van der Waals surface area contributed by atoms with E-state index in [-0.39, 0.29) is 0 Å². The molecule has 4 nitrogen and oxygen atoms in total. The third-order valence-electron chi connectivity index (χ3n) is 2.96. The molecular formula is C14H14N4. The Hall–Kier alpha value is -2.36. The lowest BCUT2D eigenvalue weighted by atomic mass is 10.2. The molecule has 0 aliphatic rings. The minimum absolute atomic E-state index is 0.831. The Morgan fingerprint density at radius 2 is 1.94 bits per heavy atom. The maximum atomic E-state index is 4.37. The van der Waals surface area contributed by atoms with Gasteiger partial charge in [-0.1, -0.05) is 30.3 Å². The van der Waals surface area contributed by atoms with Crippen LogP contribution in [0.25, 0.3) is 11.0 Å². The van der Waals surface area contributed by atoms with Crippen LogP contribution in [0.4, 0.5) is 5.82 Å². The SMILES string of the molecule is CN(Cc1ccccc1)c1ncnc2[nH]ccc12. The van der Waals surface area contributed by atoms with Crippen molar-refractivity contribution in [3.8, 4) is 0 Å². The smallest absolute Gasteiger partial charge is 0.142 e. The third kappa shape index (κ3) is 1.93. The number of aromatic nitrogens is 3. The standard InChI is InChI=1S/C14H14N4/c1-18(9-11-5-3-2-4-6-11)14-12-7-8-15-13(12)16-10-17-14/h2-8,10H,9H2,1H3,(H,15,16,17). The lowest BCUT2D eigenvalue weighted by Crippen LogP contribution is -2.17. The van der Waals surface area contributed by atoms with Crippen LogP contribution in [0.2, 0.25) is 0 Å². The summed E-state index contributed by atoms with van der Waals surface area (Å²) in [5.74, 6) is 0.949. The first-order valence-electron chi connectivity index (χ1n) is 5.88. The lowest BCUT2D eigenvalue weighted by molar-refractivity contribution is 0.900. The molecular weight excluding hydrogens is 224 g/mol. The summed E-state index contributed by atoms with van der Waals surface area (Å²) in [5, 5.41) is 1.05. The van der Waals surface area contributed by atoms with Gasteiger partial charge in [-0.25, -0.2) is 9.97 Å². The zero-order valence-electron chi connectivity index (χ0n) is 10.2. The van der Waals surface area contributed by atoms with Gasteiger partial charge in [-0.05, 0) is 11.6 Å². The fourth-order valence-electron chi connectivity index (χ4n) is 2.10. The van der Waals surface area contributed by atoms with Crippen LogP contribution in [-0.4, -0.2) is 22.0 Å². The Kier molecular flexibility index (Phi) is 2.68. The van der Waals surface area contributed by atoms with E-state index in [9.17, 15) is 0 Å². The Balaban J connectivity index is 1.92. The molecule has 2 aromatic heterocycles. The van der Waals surface area contributed by atoms with Crippen LogP contribution in [0.5, 0.6) is 0 Å². The number of rotatable bonds is 3. The number of aromatic amines is 1. The van der Waals surface area contributed by atoms with E-state index in [0.29, 0.717) is 0 Å². The molecule has 0 aliphatic heterocycles. The Bertz CT molecular complexity index is 645.